The van der Waals surface area contributed by atoms with Crippen molar-refractivity contribution in [2.24, 2.45) is 5.73 Å². The van der Waals surface area contributed by atoms with Gasteiger partial charge in [0, 0.05) is 6.42 Å². The van der Waals surface area contributed by atoms with E-state index in [0.717, 1.165) is 24.1 Å². The van der Waals surface area contributed by atoms with Crippen molar-refractivity contribution in [3.8, 4) is 17.2 Å². The van der Waals surface area contributed by atoms with Gasteiger partial charge in [0.15, 0.2) is 17.7 Å². The number of quaternary nitrogens is 1. The highest BCUT2D eigenvalue weighted by atomic mass is 127. The number of hydrogen-bond acceptors (Lipinski definition) is 4. The number of nitrogens with two attached hydrogens (primary N) is 1. The van der Waals surface area contributed by atoms with Crippen molar-refractivity contribution in [1.82, 2.24) is 5.32 Å². The highest BCUT2D eigenvalue weighted by molar-refractivity contribution is 5.73. The highest BCUT2D eigenvalue weighted by Crippen LogP contribution is 2.49. The minimum atomic E-state index is -0.557. The van der Waals surface area contributed by atoms with Crippen LogP contribution in [0.2, 0.25) is 0 Å². The maximum absolute atomic E-state index is 11.4. The zero-order chi connectivity index (χ0) is 15.2. The van der Waals surface area contributed by atoms with Gasteiger partial charge in [-0.05, 0) is 11.6 Å². The maximum atomic E-state index is 11.4. The normalized spacial score (nSPS) is 20.6. The third-order valence-corrected chi connectivity index (χ3v) is 4.16. The van der Waals surface area contributed by atoms with Crippen LogP contribution in [-0.4, -0.2) is 45.1 Å². The number of amides is 2. The number of methoxy groups -OCH3 is 1. The zero-order valence-corrected chi connectivity index (χ0v) is 15.0. The molecule has 0 saturated heterocycles. The quantitative estimate of drug-likeness (QED) is 0.417. The maximum Gasteiger partial charge on any atom is 0.316 e. The number of carbonyl (C=O) groups excluding carboxylic acids is 1. The van der Waals surface area contributed by atoms with E-state index in [1.54, 1.807) is 7.11 Å². The van der Waals surface area contributed by atoms with Gasteiger partial charge in [0.1, 0.15) is 0 Å². The summed E-state index contributed by atoms with van der Waals surface area (Å²) in [6.07, 6.45) is 0.586. The first-order valence-corrected chi connectivity index (χ1v) is 6.82. The van der Waals surface area contributed by atoms with Crippen LogP contribution in [0.3, 0.4) is 0 Å². The van der Waals surface area contributed by atoms with Crippen LogP contribution in [0.5, 0.6) is 17.2 Å². The monoisotopic (exact) mass is 421 g/mol. The Kier molecular flexibility index (Phi) is 4.62. The van der Waals surface area contributed by atoms with E-state index in [-0.39, 0.29) is 36.9 Å². The SMILES string of the molecule is COc1c2c(cc3c1C(NC(N)=O)[N+](C)(C)CC3)OCO2.[I-]. The first kappa shape index (κ1) is 16.9. The van der Waals surface area contributed by atoms with Crippen LogP contribution in [0, 0.1) is 0 Å². The molecule has 8 heteroatoms. The first-order chi connectivity index (χ1) is 9.94. The third-order valence-electron chi connectivity index (χ3n) is 4.16. The minimum absolute atomic E-state index is 0. The summed E-state index contributed by atoms with van der Waals surface area (Å²) in [7, 11) is 5.69. The predicted octanol–water partition coefficient (Wildman–Crippen LogP) is -2.27. The van der Waals surface area contributed by atoms with Crippen molar-refractivity contribution < 1.29 is 47.5 Å². The zero-order valence-electron chi connectivity index (χ0n) is 12.8. The first-order valence-electron chi connectivity index (χ1n) is 6.82. The molecule has 1 unspecified atom stereocenters. The average Bonchev–Trinajstić information content (AvgIpc) is 2.87. The number of nitrogens with zero attached hydrogens (tertiary/aromatic N) is 1. The van der Waals surface area contributed by atoms with Crippen molar-refractivity contribution in [3.63, 3.8) is 0 Å². The molecule has 7 nitrogen and oxygen atoms in total. The number of urea groups is 1. The molecule has 0 aliphatic carbocycles. The van der Waals surface area contributed by atoms with Gasteiger partial charge in [-0.3, -0.25) is 5.32 Å². The molecule has 0 saturated carbocycles. The van der Waals surface area contributed by atoms with Crippen molar-refractivity contribution >= 4 is 6.03 Å². The highest BCUT2D eigenvalue weighted by Gasteiger charge is 2.41. The van der Waals surface area contributed by atoms with Gasteiger partial charge in [-0.25, -0.2) is 4.79 Å². The van der Waals surface area contributed by atoms with Crippen molar-refractivity contribution in [2.45, 2.75) is 12.6 Å². The van der Waals surface area contributed by atoms with Gasteiger partial charge in [0.05, 0.1) is 33.3 Å². The molecule has 0 spiro atoms. The molecule has 1 aromatic rings. The van der Waals surface area contributed by atoms with Crippen LogP contribution in [0.4, 0.5) is 4.79 Å². The number of halogens is 1. The van der Waals surface area contributed by atoms with Crippen LogP contribution in [0.15, 0.2) is 6.07 Å². The summed E-state index contributed by atoms with van der Waals surface area (Å²) >= 11 is 0. The lowest BCUT2D eigenvalue weighted by molar-refractivity contribution is -0.925. The van der Waals surface area contributed by atoms with Crippen LogP contribution in [0.1, 0.15) is 17.3 Å². The van der Waals surface area contributed by atoms with Gasteiger partial charge in [0.25, 0.3) is 0 Å². The second kappa shape index (κ2) is 5.99. The summed E-state index contributed by atoms with van der Waals surface area (Å²) in [6, 6.07) is 1.41. The average molecular weight is 421 g/mol. The van der Waals surface area contributed by atoms with Crippen molar-refractivity contribution in [2.75, 3.05) is 34.5 Å². The Hall–Kier alpha value is -1.42. The molecule has 3 rings (SSSR count). The van der Waals surface area contributed by atoms with E-state index in [0.29, 0.717) is 21.7 Å². The van der Waals surface area contributed by atoms with E-state index in [4.69, 9.17) is 19.9 Å². The van der Waals surface area contributed by atoms with E-state index >= 15 is 0 Å². The fourth-order valence-electron chi connectivity index (χ4n) is 3.06. The Labute approximate surface area is 146 Å². The lowest BCUT2D eigenvalue weighted by Crippen LogP contribution is -3.00. The number of hydrogen-bond donors (Lipinski definition) is 2. The molecular weight excluding hydrogens is 401 g/mol. The summed E-state index contributed by atoms with van der Waals surface area (Å²) in [6.45, 7) is 1.06. The minimum Gasteiger partial charge on any atom is -1.00 e. The van der Waals surface area contributed by atoms with Gasteiger partial charge in [-0.15, -0.1) is 0 Å². The lowest BCUT2D eigenvalue weighted by Gasteiger charge is -2.42. The Balaban J connectivity index is 0.00000176. The van der Waals surface area contributed by atoms with E-state index in [1.165, 1.54) is 0 Å². The van der Waals surface area contributed by atoms with Gasteiger partial charge in [-0.2, -0.15) is 0 Å². The van der Waals surface area contributed by atoms with Gasteiger partial charge in [0.2, 0.25) is 12.5 Å². The standard InChI is InChI=1S/C14H19N3O4.HI/c1-17(2)5-4-8-6-9-11(21-7-20-9)12(19-3)10(8)13(17)16-14(15)18;/h6,13H,4-5,7H2,1-3H3,(H2-,15,16,18);1H. The molecule has 122 valence electrons. The fraction of sp³-hybridized carbons (Fsp3) is 0.500. The Bertz CT molecular complexity index is 606. The number of fused-ring (bicyclic) bond motifs is 2. The summed E-state index contributed by atoms with van der Waals surface area (Å²) < 4.78 is 17.1. The molecule has 22 heavy (non-hydrogen) atoms. The number of primary amides is 1. The molecule has 0 radical (unpaired) electrons. The van der Waals surface area contributed by atoms with E-state index in [1.807, 2.05) is 20.2 Å². The van der Waals surface area contributed by atoms with E-state index in [9.17, 15) is 4.79 Å². The summed E-state index contributed by atoms with van der Waals surface area (Å²) in [4.78, 5) is 11.4. The number of carbonyl (C=O) groups is 1. The molecule has 0 aromatic heterocycles. The molecular formula is C14H20IN3O4. The molecule has 0 fully saturated rings. The number of rotatable bonds is 2. The Morgan fingerprint density at radius 2 is 2.18 bits per heavy atom. The van der Waals surface area contributed by atoms with Crippen LogP contribution in [-0.2, 0) is 6.42 Å². The van der Waals surface area contributed by atoms with E-state index < -0.39 is 6.03 Å². The van der Waals surface area contributed by atoms with Crippen molar-refractivity contribution in [1.29, 1.82) is 0 Å². The molecule has 1 aromatic carbocycles. The fourth-order valence-corrected chi connectivity index (χ4v) is 3.06. The Morgan fingerprint density at radius 1 is 1.45 bits per heavy atom. The van der Waals surface area contributed by atoms with Crippen LogP contribution in [0.25, 0.3) is 0 Å². The second-order valence-corrected chi connectivity index (χ2v) is 5.88. The van der Waals surface area contributed by atoms with Crippen LogP contribution < -0.4 is 49.2 Å². The van der Waals surface area contributed by atoms with Gasteiger partial charge < -0.3 is 48.4 Å². The molecule has 2 aliphatic rings. The number of ether oxygens (including phenoxy) is 3. The topological polar surface area (TPSA) is 82.8 Å². The van der Waals surface area contributed by atoms with Gasteiger partial charge in [-0.1, -0.05) is 0 Å². The molecule has 0 bridgehead atoms. The smallest absolute Gasteiger partial charge is 0.316 e. The lowest BCUT2D eigenvalue weighted by atomic mass is 9.93. The molecule has 2 heterocycles. The molecule has 2 amide bonds. The largest absolute Gasteiger partial charge is 1.00 e. The number of likely N-dealkylation sites (N-methyl/N-ethyl adjacent to an activating group) is 1. The Morgan fingerprint density at radius 3 is 2.82 bits per heavy atom. The summed E-state index contributed by atoms with van der Waals surface area (Å²) in [5.41, 5.74) is 7.35. The van der Waals surface area contributed by atoms with Crippen molar-refractivity contribution in [3.05, 3.63) is 17.2 Å². The third kappa shape index (κ3) is 2.65. The summed E-state index contributed by atoms with van der Waals surface area (Å²) in [5, 5.41) is 2.83. The van der Waals surface area contributed by atoms with Gasteiger partial charge >= 0.3 is 6.03 Å². The number of benzene rings is 1. The predicted molar refractivity (Wildman–Crippen MR) is 75.3 cm³/mol. The second-order valence-electron chi connectivity index (χ2n) is 5.88. The molecule has 1 atom stereocenters. The van der Waals surface area contributed by atoms with E-state index in [2.05, 4.69) is 5.32 Å². The molecule has 2 aliphatic heterocycles. The molecule has 3 N–H and O–H groups in total. The van der Waals surface area contributed by atoms with Crippen LogP contribution >= 0.6 is 0 Å². The number of nitrogens with one attached hydrogen (secondary N) is 1. The summed E-state index contributed by atoms with van der Waals surface area (Å²) in [5.74, 6) is 1.90.